The fourth-order valence-electron chi connectivity index (χ4n) is 4.59. The number of thioether (sulfide) groups is 1. The Hall–Kier alpha value is -4.93. The Morgan fingerprint density at radius 3 is 2.48 bits per heavy atom. The van der Waals surface area contributed by atoms with Gasteiger partial charge in [-0.05, 0) is 80.4 Å². The lowest BCUT2D eigenvalue weighted by Gasteiger charge is -2.15. The molecular weight excluding hydrogens is 617 g/mol. The minimum absolute atomic E-state index is 0.0518. The normalized spacial score (nSPS) is 11.9. The number of hydrogen-bond acceptors (Lipinski definition) is 7. The topological polar surface area (TPSA) is 109 Å². The number of benzene rings is 4. The van der Waals surface area contributed by atoms with Crippen LogP contribution in [0.5, 0.6) is 5.75 Å². The molecule has 10 heteroatoms. The van der Waals surface area contributed by atoms with E-state index in [1.54, 1.807) is 36.4 Å². The highest BCUT2D eigenvalue weighted by molar-refractivity contribution is 8.00. The van der Waals surface area contributed by atoms with Crippen LogP contribution in [0.3, 0.4) is 0 Å². The van der Waals surface area contributed by atoms with Crippen molar-refractivity contribution in [3.05, 3.63) is 119 Å². The first-order valence-electron chi connectivity index (χ1n) is 14.9. The number of rotatable bonds is 12. The number of ether oxygens (including phenoxy) is 1. The quantitative estimate of drug-likeness (QED) is 0.0935. The minimum atomic E-state index is -0.506. The first kappa shape index (κ1) is 32.5. The van der Waals surface area contributed by atoms with Gasteiger partial charge in [0.15, 0.2) is 5.13 Å². The molecule has 0 saturated heterocycles. The summed E-state index contributed by atoms with van der Waals surface area (Å²) in [5.41, 5.74) is 3.62. The molecule has 3 N–H and O–H groups in total. The molecule has 5 aromatic rings. The lowest BCUT2D eigenvalue weighted by atomic mass is 10.1. The zero-order valence-electron chi connectivity index (χ0n) is 25.7. The third-order valence-corrected chi connectivity index (χ3v) is 9.15. The van der Waals surface area contributed by atoms with Crippen molar-refractivity contribution in [1.82, 2.24) is 10.3 Å². The molecule has 0 radical (unpaired) electrons. The number of aromatic nitrogens is 1. The number of para-hydroxylation sites is 1. The molecule has 8 nitrogen and oxygen atoms in total. The van der Waals surface area contributed by atoms with E-state index >= 15 is 0 Å². The van der Waals surface area contributed by atoms with Gasteiger partial charge in [-0.2, -0.15) is 0 Å². The molecule has 0 aliphatic rings. The standard InChI is InChI=1S/C36H34N4O4S2/c1-4-31(35(43)40-36-39-28-19-18-23(3)20-32(28)46-36)45-27-16-11-15-26(22-27)37-34(42)29(38-33(41)24-12-7-6-8-13-24)21-25-14-9-10-17-30(25)44-5-2/h6-22,31H,4-5H2,1-3H3,(H,37,42)(H,38,41)(H,39,40,43)/b29-21+. The van der Waals surface area contributed by atoms with Crippen LogP contribution in [0.4, 0.5) is 10.8 Å². The van der Waals surface area contributed by atoms with Gasteiger partial charge in [-0.25, -0.2) is 4.98 Å². The van der Waals surface area contributed by atoms with E-state index < -0.39 is 11.8 Å². The first-order chi connectivity index (χ1) is 22.3. The van der Waals surface area contributed by atoms with Crippen molar-refractivity contribution >= 4 is 67.9 Å². The smallest absolute Gasteiger partial charge is 0.272 e. The third-order valence-electron chi connectivity index (χ3n) is 6.86. The molecular formula is C36H34N4O4S2. The van der Waals surface area contributed by atoms with Gasteiger partial charge in [0.2, 0.25) is 5.91 Å². The molecule has 46 heavy (non-hydrogen) atoms. The lowest BCUT2D eigenvalue weighted by molar-refractivity contribution is -0.116. The Labute approximate surface area is 276 Å². The number of nitrogens with one attached hydrogen (secondary N) is 3. The van der Waals surface area contributed by atoms with Gasteiger partial charge in [-0.3, -0.25) is 14.4 Å². The zero-order valence-corrected chi connectivity index (χ0v) is 27.3. The molecule has 1 unspecified atom stereocenters. The van der Waals surface area contributed by atoms with Crippen LogP contribution in [0.15, 0.2) is 108 Å². The van der Waals surface area contributed by atoms with Gasteiger partial charge in [0.05, 0.1) is 22.1 Å². The number of amides is 3. The first-order valence-corrected chi connectivity index (χ1v) is 16.6. The molecule has 1 aromatic heterocycles. The predicted molar refractivity (Wildman–Crippen MR) is 187 cm³/mol. The Morgan fingerprint density at radius 1 is 0.913 bits per heavy atom. The minimum Gasteiger partial charge on any atom is -0.493 e. The van der Waals surface area contributed by atoms with Gasteiger partial charge in [0.25, 0.3) is 11.8 Å². The largest absolute Gasteiger partial charge is 0.493 e. The zero-order chi connectivity index (χ0) is 32.5. The molecule has 1 heterocycles. The number of fused-ring (bicyclic) bond motifs is 1. The molecule has 0 aliphatic carbocycles. The summed E-state index contributed by atoms with van der Waals surface area (Å²) < 4.78 is 6.76. The van der Waals surface area contributed by atoms with Gasteiger partial charge < -0.3 is 20.7 Å². The van der Waals surface area contributed by atoms with E-state index in [1.807, 2.05) is 81.4 Å². The SMILES string of the molecule is CCOc1ccccc1/C=C(/NC(=O)c1ccccc1)C(=O)Nc1cccc(SC(CC)C(=O)Nc2nc3ccc(C)cc3s2)c1. The summed E-state index contributed by atoms with van der Waals surface area (Å²) in [5, 5.41) is 8.83. The summed E-state index contributed by atoms with van der Waals surface area (Å²) in [5.74, 6) is -0.471. The van der Waals surface area contributed by atoms with Gasteiger partial charge in [0, 0.05) is 21.7 Å². The number of anilines is 2. The van der Waals surface area contributed by atoms with Crippen molar-refractivity contribution < 1.29 is 19.1 Å². The monoisotopic (exact) mass is 650 g/mol. The summed E-state index contributed by atoms with van der Waals surface area (Å²) in [4.78, 5) is 45.3. The molecule has 0 bridgehead atoms. The van der Waals surface area contributed by atoms with Crippen LogP contribution in [0.2, 0.25) is 0 Å². The van der Waals surface area contributed by atoms with Crippen molar-refractivity contribution in [2.24, 2.45) is 0 Å². The van der Waals surface area contributed by atoms with Gasteiger partial charge in [0.1, 0.15) is 11.4 Å². The van der Waals surface area contributed by atoms with Crippen LogP contribution < -0.4 is 20.7 Å². The van der Waals surface area contributed by atoms with Crippen LogP contribution in [-0.4, -0.2) is 34.6 Å². The number of aryl methyl sites for hydroxylation is 1. The van der Waals surface area contributed by atoms with Crippen molar-refractivity contribution in [1.29, 1.82) is 0 Å². The average molecular weight is 651 g/mol. The number of hydrogen-bond donors (Lipinski definition) is 3. The van der Waals surface area contributed by atoms with Crippen LogP contribution >= 0.6 is 23.1 Å². The van der Waals surface area contributed by atoms with Crippen LogP contribution in [-0.2, 0) is 9.59 Å². The van der Waals surface area contributed by atoms with E-state index in [0.29, 0.717) is 40.7 Å². The van der Waals surface area contributed by atoms with Gasteiger partial charge in [-0.15, -0.1) is 11.8 Å². The molecule has 0 fully saturated rings. The maximum Gasteiger partial charge on any atom is 0.272 e. The number of carbonyl (C=O) groups is 3. The summed E-state index contributed by atoms with van der Waals surface area (Å²) in [6.07, 6.45) is 2.19. The van der Waals surface area contributed by atoms with E-state index in [-0.39, 0.29) is 16.9 Å². The van der Waals surface area contributed by atoms with E-state index in [2.05, 4.69) is 27.0 Å². The molecule has 4 aromatic carbocycles. The summed E-state index contributed by atoms with van der Waals surface area (Å²) >= 11 is 2.86. The Balaban J connectivity index is 1.32. The molecule has 0 spiro atoms. The van der Waals surface area contributed by atoms with E-state index in [1.165, 1.54) is 23.1 Å². The third kappa shape index (κ3) is 8.41. The average Bonchev–Trinajstić information content (AvgIpc) is 3.46. The maximum absolute atomic E-state index is 13.6. The Kier molecular flexibility index (Phi) is 10.9. The molecule has 0 saturated carbocycles. The summed E-state index contributed by atoms with van der Waals surface area (Å²) in [6, 6.07) is 29.3. The predicted octanol–water partition coefficient (Wildman–Crippen LogP) is 7.92. The van der Waals surface area contributed by atoms with Crippen molar-refractivity contribution in [3.63, 3.8) is 0 Å². The number of nitrogens with zero attached hydrogens (tertiary/aromatic N) is 1. The number of thiazole rings is 1. The highest BCUT2D eigenvalue weighted by Crippen LogP contribution is 2.31. The lowest BCUT2D eigenvalue weighted by Crippen LogP contribution is -2.30. The maximum atomic E-state index is 13.6. The van der Waals surface area contributed by atoms with Crippen molar-refractivity contribution in [2.75, 3.05) is 17.2 Å². The molecule has 234 valence electrons. The second-order valence-corrected chi connectivity index (χ2v) is 12.6. The molecule has 5 rings (SSSR count). The second kappa shape index (κ2) is 15.4. The molecule has 3 amide bonds. The molecule has 0 aliphatic heterocycles. The van der Waals surface area contributed by atoms with E-state index in [0.717, 1.165) is 20.7 Å². The number of carbonyl (C=O) groups excluding carboxylic acids is 3. The summed E-state index contributed by atoms with van der Waals surface area (Å²) in [7, 11) is 0. The van der Waals surface area contributed by atoms with Gasteiger partial charge >= 0.3 is 0 Å². The van der Waals surface area contributed by atoms with E-state index in [9.17, 15) is 14.4 Å². The van der Waals surface area contributed by atoms with Crippen LogP contribution in [0.25, 0.3) is 16.3 Å². The molecule has 1 atom stereocenters. The fourth-order valence-corrected chi connectivity index (χ4v) is 6.57. The van der Waals surface area contributed by atoms with Gasteiger partial charge in [-0.1, -0.05) is 66.8 Å². The Morgan fingerprint density at radius 2 is 1.70 bits per heavy atom. The summed E-state index contributed by atoms with van der Waals surface area (Å²) in [6.45, 7) is 6.31. The van der Waals surface area contributed by atoms with Crippen molar-refractivity contribution in [3.8, 4) is 5.75 Å². The fraction of sp³-hybridized carbons (Fsp3) is 0.167. The highest BCUT2D eigenvalue weighted by atomic mass is 32.2. The second-order valence-electron chi connectivity index (χ2n) is 10.3. The van der Waals surface area contributed by atoms with E-state index in [4.69, 9.17) is 4.74 Å². The highest BCUT2D eigenvalue weighted by Gasteiger charge is 2.21. The van der Waals surface area contributed by atoms with Crippen LogP contribution in [0.1, 0.15) is 41.8 Å². The van der Waals surface area contributed by atoms with Crippen LogP contribution in [0, 0.1) is 6.92 Å². The Bertz CT molecular complexity index is 1890. The van der Waals surface area contributed by atoms with Crippen molar-refractivity contribution in [2.45, 2.75) is 37.3 Å².